The summed E-state index contributed by atoms with van der Waals surface area (Å²) in [7, 11) is 0. The molecule has 42 heteroatoms. The van der Waals surface area contributed by atoms with E-state index in [9.17, 15) is 92.0 Å². The lowest BCUT2D eigenvalue weighted by atomic mass is 9.98. The lowest BCUT2D eigenvalue weighted by Crippen LogP contribution is -2.61. The van der Waals surface area contributed by atoms with Crippen molar-refractivity contribution in [2.75, 3.05) is 45.9 Å². The number of rotatable bonds is 48. The highest BCUT2D eigenvalue weighted by Crippen LogP contribution is 2.28. The maximum Gasteiger partial charge on any atom is 0.326 e. The number of guanidine groups is 2. The largest absolute Gasteiger partial charge is 0.481 e. The van der Waals surface area contributed by atoms with Crippen molar-refractivity contribution < 1.29 is 97.1 Å². The van der Waals surface area contributed by atoms with Crippen LogP contribution in [0.3, 0.4) is 0 Å². The zero-order chi connectivity index (χ0) is 87.1. The van der Waals surface area contributed by atoms with E-state index in [-0.39, 0.29) is 133 Å². The molecule has 1 aromatic heterocycles. The van der Waals surface area contributed by atoms with Gasteiger partial charge in [-0.05, 0) is 139 Å². The molecular formula is C75H120N22O20. The molecule has 2 aromatic rings. The first-order valence-corrected chi connectivity index (χ1v) is 39.6. The number of aliphatic carboxylic acids is 2. The van der Waals surface area contributed by atoms with Gasteiger partial charge >= 0.3 is 11.9 Å². The van der Waals surface area contributed by atoms with Gasteiger partial charge in [0.15, 0.2) is 11.9 Å². The molecule has 3 aliphatic rings. The molecule has 0 bridgehead atoms. The number of nitrogens with two attached hydrogens (primary N) is 6. The van der Waals surface area contributed by atoms with Gasteiger partial charge < -0.3 is 128 Å². The Kier molecular flexibility index (Phi) is 38.7. The Morgan fingerprint density at radius 2 is 0.863 bits per heavy atom. The number of hydrogen-bond donors (Lipinski definition) is 21. The van der Waals surface area contributed by atoms with E-state index >= 15 is 0 Å². The maximum atomic E-state index is 14.8. The third-order valence-corrected chi connectivity index (χ3v) is 20.0. The zero-order valence-corrected chi connectivity index (χ0v) is 67.4. The van der Waals surface area contributed by atoms with E-state index in [4.69, 9.17) is 39.5 Å². The molecule has 650 valence electrons. The summed E-state index contributed by atoms with van der Waals surface area (Å²) in [4.78, 5) is 235. The number of aliphatic hydroxyl groups is 2. The summed E-state index contributed by atoms with van der Waals surface area (Å²) in [5.41, 5.74) is 35.7. The monoisotopic (exact) mass is 1650 g/mol. The molecule has 0 aliphatic carbocycles. The van der Waals surface area contributed by atoms with Crippen LogP contribution in [0.1, 0.15) is 163 Å². The summed E-state index contributed by atoms with van der Waals surface area (Å²) in [6.07, 6.45) is 0.827. The first kappa shape index (κ1) is 96.3. The van der Waals surface area contributed by atoms with Gasteiger partial charge in [0.05, 0.1) is 19.3 Å². The van der Waals surface area contributed by atoms with E-state index in [1.165, 1.54) is 16.7 Å². The van der Waals surface area contributed by atoms with Crippen LogP contribution in [0.2, 0.25) is 0 Å². The Hall–Kier alpha value is -11.3. The van der Waals surface area contributed by atoms with Crippen molar-refractivity contribution in [2.45, 2.75) is 249 Å². The number of amides is 14. The first-order chi connectivity index (χ1) is 55.2. The number of aromatic amines is 1. The second-order valence-corrected chi connectivity index (χ2v) is 30.9. The van der Waals surface area contributed by atoms with Gasteiger partial charge in [0.25, 0.3) is 0 Å². The Balaban J connectivity index is 1.29. The van der Waals surface area contributed by atoms with Crippen molar-refractivity contribution >= 4 is 117 Å². The maximum absolute atomic E-state index is 14.8. The van der Waals surface area contributed by atoms with Crippen LogP contribution in [0.4, 0.5) is 0 Å². The number of benzene rings is 1. The van der Waals surface area contributed by atoms with Gasteiger partial charge in [0.2, 0.25) is 82.7 Å². The minimum absolute atomic E-state index is 0.00887. The number of aliphatic hydroxyl groups excluding tert-OH is 2. The Morgan fingerprint density at radius 1 is 0.462 bits per heavy atom. The molecule has 3 saturated heterocycles. The van der Waals surface area contributed by atoms with E-state index in [0.717, 1.165) is 21.4 Å². The molecular weight excluding hydrogens is 1530 g/mol. The molecule has 3 aliphatic heterocycles. The fourth-order valence-electron chi connectivity index (χ4n) is 14.1. The van der Waals surface area contributed by atoms with Crippen molar-refractivity contribution in [3.8, 4) is 0 Å². The molecule has 27 N–H and O–H groups in total. The van der Waals surface area contributed by atoms with E-state index in [1.807, 2.05) is 24.3 Å². The average molecular weight is 1650 g/mol. The number of carbonyl (C=O) groups excluding carboxylic acids is 14. The minimum Gasteiger partial charge on any atom is -0.481 e. The van der Waals surface area contributed by atoms with Crippen LogP contribution in [0.25, 0.3) is 10.9 Å². The number of hydrogen-bond acceptors (Lipinski definition) is 21. The Labute approximate surface area is 677 Å². The smallest absolute Gasteiger partial charge is 0.326 e. The molecule has 42 nitrogen and oxygen atoms in total. The fraction of sp³-hybridized carbons (Fsp3) is 0.653. The first-order valence-electron chi connectivity index (χ1n) is 39.6. The third kappa shape index (κ3) is 30.4. The number of carboxylic acid groups (broad SMARTS) is 2. The molecule has 1 aromatic carbocycles. The molecule has 14 atom stereocenters. The number of para-hydroxylation sites is 1. The lowest BCUT2D eigenvalue weighted by molar-refractivity contribution is -0.149. The number of fused-ring (bicyclic) bond motifs is 1. The number of primary amides is 1. The molecule has 0 unspecified atom stereocenters. The molecule has 0 spiro atoms. The summed E-state index contributed by atoms with van der Waals surface area (Å²) in [5.74, 6) is -16.5. The van der Waals surface area contributed by atoms with Gasteiger partial charge in [-0.15, -0.1) is 0 Å². The highest BCUT2D eigenvalue weighted by atomic mass is 16.4. The molecule has 5 rings (SSSR count). The van der Waals surface area contributed by atoms with Crippen LogP contribution in [-0.2, 0) is 83.1 Å². The minimum atomic E-state index is -1.69. The van der Waals surface area contributed by atoms with Crippen molar-refractivity contribution in [3.63, 3.8) is 0 Å². The number of nitrogens with zero attached hydrogens (tertiary/aromatic N) is 5. The van der Waals surface area contributed by atoms with Crippen LogP contribution in [-0.4, -0.2) is 277 Å². The number of likely N-dealkylation sites (tertiary alicyclic amines) is 3. The van der Waals surface area contributed by atoms with E-state index < -0.39 is 218 Å². The number of nitrogens with one attached hydrogen (secondary N) is 11. The highest BCUT2D eigenvalue weighted by molar-refractivity contribution is 6.01. The van der Waals surface area contributed by atoms with Gasteiger partial charge in [-0.3, -0.25) is 81.9 Å². The van der Waals surface area contributed by atoms with Crippen molar-refractivity contribution in [1.82, 2.24) is 72.9 Å². The normalized spacial score (nSPS) is 18.1. The summed E-state index contributed by atoms with van der Waals surface area (Å²) in [5, 5.41) is 66.0. The van der Waals surface area contributed by atoms with Crippen molar-refractivity contribution in [2.24, 2.45) is 62.1 Å². The predicted octanol–water partition coefficient (Wildman–Crippen LogP) is -5.68. The fourth-order valence-corrected chi connectivity index (χ4v) is 14.1. The Morgan fingerprint density at radius 3 is 1.35 bits per heavy atom. The molecule has 0 radical (unpaired) electrons. The summed E-state index contributed by atoms with van der Waals surface area (Å²) >= 11 is 0. The SMILES string of the molecule is CC(C)C[C@H](NC(=O)[C@H](C)NC(=O)[C@H](CO)NC(=O)[C@@H]1CCCN1C(=O)[C@H](CO)NC(=O)[C@@H](N)Cc1c[nH]c2ccccc12)C(=O)N[C@@H](CCCN=C(N)N)C(=O)N[C@@H](CC(C)C)C(=O)N[C@@H](CC(C)C)C(=O)N[C@@H](CCC(N)=O)C(=O)N[C@@H](CCCN=C(N)N)C(=O)N1CCC[C@H]1C(=O)N1CCC[C@H]1C(=O)N[C@@H](CCC(=O)O)C(=O)O. The molecule has 117 heavy (non-hydrogen) atoms. The van der Waals surface area contributed by atoms with Crippen LogP contribution >= 0.6 is 0 Å². The van der Waals surface area contributed by atoms with E-state index in [1.54, 1.807) is 47.7 Å². The van der Waals surface area contributed by atoms with Crippen LogP contribution in [0, 0.1) is 17.8 Å². The number of carboxylic acids is 2. The Bertz CT molecular complexity index is 3880. The molecule has 0 saturated carbocycles. The average Bonchev–Trinajstić information content (AvgIpc) is 1.65. The van der Waals surface area contributed by atoms with Crippen LogP contribution in [0.5, 0.6) is 0 Å². The van der Waals surface area contributed by atoms with Gasteiger partial charge in [-0.2, -0.15) is 0 Å². The topological polar surface area (TPSA) is 681 Å². The van der Waals surface area contributed by atoms with Crippen molar-refractivity contribution in [3.05, 3.63) is 36.0 Å². The quantitative estimate of drug-likeness (QED) is 0.0167. The molecule has 14 amide bonds. The third-order valence-electron chi connectivity index (χ3n) is 20.0. The second kappa shape index (κ2) is 47.0. The highest BCUT2D eigenvalue weighted by Gasteiger charge is 2.46. The summed E-state index contributed by atoms with van der Waals surface area (Å²) in [6.45, 7) is 9.86. The van der Waals surface area contributed by atoms with Gasteiger partial charge in [0.1, 0.15) is 78.5 Å². The zero-order valence-electron chi connectivity index (χ0n) is 67.4. The summed E-state index contributed by atoms with van der Waals surface area (Å²) < 4.78 is 0. The number of carbonyl (C=O) groups is 16. The molecule has 3 fully saturated rings. The van der Waals surface area contributed by atoms with Crippen molar-refractivity contribution in [1.29, 1.82) is 0 Å². The number of aliphatic imine (C=N–C) groups is 2. The van der Waals surface area contributed by atoms with E-state index in [0.29, 0.717) is 19.3 Å². The number of H-pyrrole nitrogens is 1. The predicted molar refractivity (Wildman–Crippen MR) is 424 cm³/mol. The standard InChI is InChI=1S/C75H120N22O20/c1-38(2)31-50(90-60(103)41(7)85-67(110)53(36-98)93-69(112)55-19-12-28-95(55)71(114)54(37-99)94-61(104)44(76)34-42-35-84-45-16-9-8-15-43(42)45)64(107)86-46(17-10-26-82-74(78)79)62(105)91-52(33-40(5)6)66(109)92-51(32-39(3)4)65(108)87-47(22-24-58(77)100)63(106)88-48(18-11-27-83-75(80)81)70(113)97-30-14-21-57(97)72(115)96-29-13-20-56(96)68(111)89-49(73(116)117)23-25-59(101)102/h8-9,15-16,35,38-41,44,46-57,84,98-99H,10-14,17-34,36-37,76H2,1-7H3,(H2,77,100)(H,85,110)(H,86,107)(H,87,108)(H,88,106)(H,89,111)(H,90,103)(H,91,105)(H,92,109)(H,93,112)(H,94,104)(H,101,102)(H,116,117)(H4,78,79,82)(H4,80,81,83)/t41-,44-,46-,47-,48-,49-,50-,51-,52-,53-,54-,55-,56-,57-/m0/s1. The van der Waals surface area contributed by atoms with Crippen LogP contribution in [0.15, 0.2) is 40.4 Å². The van der Waals surface area contributed by atoms with Crippen LogP contribution < -0.4 is 87.6 Å². The van der Waals surface area contributed by atoms with Gasteiger partial charge in [-0.1, -0.05) is 59.7 Å². The number of aromatic nitrogens is 1. The molecule has 4 heterocycles. The van der Waals surface area contributed by atoms with Gasteiger partial charge in [-0.25, -0.2) is 4.79 Å². The van der Waals surface area contributed by atoms with Gasteiger partial charge in [0, 0.05) is 62.7 Å². The van der Waals surface area contributed by atoms with E-state index in [2.05, 4.69) is 68.1 Å². The summed E-state index contributed by atoms with van der Waals surface area (Å²) in [6, 6.07) is -12.4. The lowest BCUT2D eigenvalue weighted by Gasteiger charge is -2.33. The second-order valence-electron chi connectivity index (χ2n) is 30.9.